The lowest BCUT2D eigenvalue weighted by Gasteiger charge is -2.36. The molecule has 2 rings (SSSR count). The molecule has 0 radical (unpaired) electrons. The highest BCUT2D eigenvalue weighted by molar-refractivity contribution is 5.79. The third-order valence-electron chi connectivity index (χ3n) is 4.23. The Bertz CT molecular complexity index is 615. The first-order chi connectivity index (χ1) is 11.1. The Hall–Kier alpha value is -2.09. The summed E-state index contributed by atoms with van der Waals surface area (Å²) >= 11 is 0. The zero-order valence-electron chi connectivity index (χ0n) is 13.1. The summed E-state index contributed by atoms with van der Waals surface area (Å²) in [6.07, 6.45) is -3.08. The van der Waals surface area contributed by atoms with E-state index in [4.69, 9.17) is 9.84 Å². The lowest BCUT2D eigenvalue weighted by atomic mass is 9.88. The van der Waals surface area contributed by atoms with Crippen LogP contribution in [0.5, 0.6) is 0 Å². The number of carboxylic acids is 1. The lowest BCUT2D eigenvalue weighted by Crippen LogP contribution is -2.44. The minimum absolute atomic E-state index is 0.372. The first-order valence-corrected chi connectivity index (χ1v) is 7.42. The molecule has 1 aromatic rings. The van der Waals surface area contributed by atoms with Crippen molar-refractivity contribution in [3.8, 4) is 0 Å². The maximum atomic E-state index is 12.7. The molecule has 1 aliphatic rings. The number of benzene rings is 1. The molecule has 1 N–H and O–H groups in total. The highest BCUT2D eigenvalue weighted by Gasteiger charge is 2.41. The summed E-state index contributed by atoms with van der Waals surface area (Å²) in [6.45, 7) is 1.30. The zero-order valence-corrected chi connectivity index (χ0v) is 13.1. The molecular formula is C16H18F3NO4. The van der Waals surface area contributed by atoms with Crippen LogP contribution in [0.4, 0.5) is 13.2 Å². The summed E-state index contributed by atoms with van der Waals surface area (Å²) < 4.78 is 42.8. The fraction of sp³-hybridized carbons (Fsp3) is 0.500. The second kappa shape index (κ2) is 6.80. The smallest absolute Gasteiger partial charge is 0.416 e. The van der Waals surface area contributed by atoms with E-state index in [1.54, 1.807) is 6.92 Å². The summed E-state index contributed by atoms with van der Waals surface area (Å²) in [6, 6.07) is 4.77. The van der Waals surface area contributed by atoms with Gasteiger partial charge < -0.3 is 14.7 Å². The van der Waals surface area contributed by atoms with Crippen LogP contribution in [-0.2, 0) is 26.0 Å². The minimum Gasteiger partial charge on any atom is -0.480 e. The van der Waals surface area contributed by atoms with Gasteiger partial charge in [-0.1, -0.05) is 12.1 Å². The van der Waals surface area contributed by atoms with E-state index in [-0.39, 0.29) is 12.5 Å². The maximum Gasteiger partial charge on any atom is 0.416 e. The molecule has 1 atom stereocenters. The van der Waals surface area contributed by atoms with Gasteiger partial charge in [-0.15, -0.1) is 0 Å². The van der Waals surface area contributed by atoms with Crippen LogP contribution in [0.25, 0.3) is 0 Å². The number of carbonyl (C=O) groups is 2. The molecule has 0 saturated carbocycles. The molecule has 8 heteroatoms. The van der Waals surface area contributed by atoms with Gasteiger partial charge in [0.1, 0.15) is 13.2 Å². The number of carboxylic acid groups (broad SMARTS) is 1. The van der Waals surface area contributed by atoms with E-state index >= 15 is 0 Å². The molecule has 24 heavy (non-hydrogen) atoms. The number of likely N-dealkylation sites (tertiary alicyclic amines) is 1. The van der Waals surface area contributed by atoms with Gasteiger partial charge in [0.05, 0.1) is 11.1 Å². The number of carbonyl (C=O) groups excluding carboxylic acids is 1. The Balaban J connectivity index is 2.14. The zero-order chi connectivity index (χ0) is 18.0. The summed E-state index contributed by atoms with van der Waals surface area (Å²) in [7, 11) is 0. The van der Waals surface area contributed by atoms with Crippen molar-refractivity contribution >= 4 is 11.9 Å². The Morgan fingerprint density at radius 1 is 1.25 bits per heavy atom. The monoisotopic (exact) mass is 345 g/mol. The number of halogens is 3. The van der Waals surface area contributed by atoms with E-state index in [1.165, 1.54) is 17.0 Å². The topological polar surface area (TPSA) is 66.8 Å². The molecule has 1 amide bonds. The largest absolute Gasteiger partial charge is 0.480 e. The second-order valence-electron chi connectivity index (χ2n) is 5.88. The second-order valence-corrected chi connectivity index (χ2v) is 5.88. The fourth-order valence-corrected chi connectivity index (χ4v) is 2.99. The van der Waals surface area contributed by atoms with Gasteiger partial charge in [-0.05, 0) is 37.5 Å². The summed E-state index contributed by atoms with van der Waals surface area (Å²) in [4.78, 5) is 24.2. The average molecular weight is 345 g/mol. The molecule has 1 aliphatic heterocycles. The van der Waals surface area contributed by atoms with Gasteiger partial charge in [0.2, 0.25) is 5.91 Å². The number of hydrogen-bond acceptors (Lipinski definition) is 3. The predicted molar refractivity (Wildman–Crippen MR) is 78.2 cm³/mol. The van der Waals surface area contributed by atoms with Crippen molar-refractivity contribution in [3.63, 3.8) is 0 Å². The Morgan fingerprint density at radius 2 is 1.88 bits per heavy atom. The third-order valence-corrected chi connectivity index (χ3v) is 4.23. The van der Waals surface area contributed by atoms with E-state index in [2.05, 4.69) is 0 Å². The van der Waals surface area contributed by atoms with Gasteiger partial charge in [0.25, 0.3) is 0 Å². The Morgan fingerprint density at radius 3 is 2.42 bits per heavy atom. The Kier molecular flexibility index (Phi) is 5.17. The molecule has 1 fully saturated rings. The highest BCUT2D eigenvalue weighted by atomic mass is 19.4. The predicted octanol–water partition coefficient (Wildman–Crippen LogP) is 2.64. The van der Waals surface area contributed by atoms with Crippen molar-refractivity contribution in [2.45, 2.75) is 31.5 Å². The number of ether oxygens (including phenoxy) is 1. The van der Waals surface area contributed by atoms with Gasteiger partial charge in [0, 0.05) is 6.54 Å². The van der Waals surface area contributed by atoms with Crippen molar-refractivity contribution in [1.29, 1.82) is 0 Å². The van der Waals surface area contributed by atoms with Gasteiger partial charge >= 0.3 is 12.1 Å². The van der Waals surface area contributed by atoms with Gasteiger partial charge in [-0.2, -0.15) is 13.2 Å². The van der Waals surface area contributed by atoms with Gasteiger partial charge in [-0.3, -0.25) is 4.79 Å². The average Bonchev–Trinajstić information content (AvgIpc) is 2.89. The highest BCUT2D eigenvalue weighted by Crippen LogP contribution is 2.39. The fourth-order valence-electron chi connectivity index (χ4n) is 2.99. The van der Waals surface area contributed by atoms with Crippen LogP contribution in [0.15, 0.2) is 24.3 Å². The van der Waals surface area contributed by atoms with E-state index in [0.717, 1.165) is 12.1 Å². The van der Waals surface area contributed by atoms with Crippen LogP contribution in [-0.4, -0.2) is 41.6 Å². The third kappa shape index (κ3) is 3.87. The van der Waals surface area contributed by atoms with Crippen molar-refractivity contribution < 1.29 is 32.6 Å². The minimum atomic E-state index is -4.41. The maximum absolute atomic E-state index is 12.7. The van der Waals surface area contributed by atoms with E-state index < -0.39 is 29.9 Å². The van der Waals surface area contributed by atoms with E-state index in [1.807, 2.05) is 0 Å². The number of nitrogens with zero attached hydrogens (tertiary/aromatic N) is 1. The number of rotatable bonds is 5. The number of aliphatic carboxylic acids is 1. The van der Waals surface area contributed by atoms with Crippen molar-refractivity contribution in [2.75, 3.05) is 19.8 Å². The van der Waals surface area contributed by atoms with Crippen LogP contribution in [0, 0.1) is 0 Å². The van der Waals surface area contributed by atoms with Crippen LogP contribution in [0.2, 0.25) is 0 Å². The standard InChI is InChI=1S/C16H18F3NO4/c1-15(11-3-5-12(6-4-11)16(17,18)19)7-2-8-20(15)13(21)9-24-10-14(22)23/h3-6H,2,7-10H2,1H3,(H,22,23). The molecule has 5 nitrogen and oxygen atoms in total. The number of amides is 1. The molecule has 1 heterocycles. The van der Waals surface area contributed by atoms with E-state index in [0.29, 0.717) is 24.9 Å². The molecule has 0 aliphatic carbocycles. The molecule has 0 aromatic heterocycles. The summed E-state index contributed by atoms with van der Waals surface area (Å²) in [5, 5.41) is 8.52. The van der Waals surface area contributed by atoms with Crippen LogP contribution in [0.3, 0.4) is 0 Å². The first-order valence-electron chi connectivity index (χ1n) is 7.42. The van der Waals surface area contributed by atoms with Crippen molar-refractivity contribution in [3.05, 3.63) is 35.4 Å². The quantitative estimate of drug-likeness (QED) is 0.891. The van der Waals surface area contributed by atoms with Gasteiger partial charge in [-0.25, -0.2) is 4.79 Å². The summed E-state index contributed by atoms with van der Waals surface area (Å²) in [5.74, 6) is -1.55. The summed E-state index contributed by atoms with van der Waals surface area (Å²) in [5.41, 5.74) is -0.858. The molecule has 0 bridgehead atoms. The Labute approximate surface area is 137 Å². The molecule has 0 spiro atoms. The number of hydrogen-bond donors (Lipinski definition) is 1. The van der Waals surface area contributed by atoms with Crippen LogP contribution >= 0.6 is 0 Å². The van der Waals surface area contributed by atoms with Crippen molar-refractivity contribution in [2.24, 2.45) is 0 Å². The number of alkyl halides is 3. The van der Waals surface area contributed by atoms with Crippen LogP contribution in [0.1, 0.15) is 30.9 Å². The van der Waals surface area contributed by atoms with Crippen LogP contribution < -0.4 is 0 Å². The molecule has 1 saturated heterocycles. The first kappa shape index (κ1) is 18.3. The van der Waals surface area contributed by atoms with Crippen molar-refractivity contribution in [1.82, 2.24) is 4.90 Å². The SMILES string of the molecule is CC1(c2ccc(C(F)(F)F)cc2)CCCN1C(=O)COCC(=O)O. The molecule has 1 aromatic carbocycles. The lowest BCUT2D eigenvalue weighted by molar-refractivity contribution is -0.147. The molecule has 132 valence electrons. The van der Waals surface area contributed by atoms with Gasteiger partial charge in [0.15, 0.2) is 0 Å². The molecular weight excluding hydrogens is 327 g/mol. The molecule has 1 unspecified atom stereocenters. The normalized spacial score (nSPS) is 21.1. The van der Waals surface area contributed by atoms with E-state index in [9.17, 15) is 22.8 Å².